The predicted molar refractivity (Wildman–Crippen MR) is 96.2 cm³/mol. The molecule has 1 heterocycles. The summed E-state index contributed by atoms with van der Waals surface area (Å²) in [6.07, 6.45) is 1.70. The zero-order valence-corrected chi connectivity index (χ0v) is 13.8. The van der Waals surface area contributed by atoms with E-state index in [0.29, 0.717) is 25.3 Å². The second-order valence-corrected chi connectivity index (χ2v) is 5.57. The van der Waals surface area contributed by atoms with Crippen molar-refractivity contribution in [3.8, 4) is 5.75 Å². The van der Waals surface area contributed by atoms with Crippen LogP contribution in [-0.4, -0.2) is 29.8 Å². The number of hydrogen-bond acceptors (Lipinski definition) is 4. The molecule has 0 radical (unpaired) electrons. The number of phenolic OH excluding ortho intramolecular Hbond substituents is 1. The first-order chi connectivity index (χ1) is 11.8. The SMILES string of the molecule is CCOCCNC(c1ccccc1)c1ccc2cccnc2c1O. The maximum absolute atomic E-state index is 10.8. The van der Waals surface area contributed by atoms with Crippen molar-refractivity contribution in [2.24, 2.45) is 0 Å². The maximum Gasteiger partial charge on any atom is 0.146 e. The second kappa shape index (κ2) is 7.90. The highest BCUT2D eigenvalue weighted by Crippen LogP contribution is 2.34. The average Bonchev–Trinajstić information content (AvgIpc) is 2.64. The molecule has 0 bridgehead atoms. The van der Waals surface area contributed by atoms with Crippen molar-refractivity contribution in [1.29, 1.82) is 0 Å². The van der Waals surface area contributed by atoms with E-state index in [1.54, 1.807) is 6.20 Å². The van der Waals surface area contributed by atoms with Crippen LogP contribution in [0.5, 0.6) is 5.75 Å². The van der Waals surface area contributed by atoms with Gasteiger partial charge in [-0.3, -0.25) is 4.98 Å². The third-order valence-electron chi connectivity index (χ3n) is 4.02. The van der Waals surface area contributed by atoms with Crippen LogP contribution in [0.25, 0.3) is 10.9 Å². The summed E-state index contributed by atoms with van der Waals surface area (Å²) in [5.74, 6) is 0.228. The summed E-state index contributed by atoms with van der Waals surface area (Å²) in [7, 11) is 0. The molecule has 0 aliphatic heterocycles. The zero-order valence-electron chi connectivity index (χ0n) is 13.8. The van der Waals surface area contributed by atoms with Gasteiger partial charge >= 0.3 is 0 Å². The van der Waals surface area contributed by atoms with Gasteiger partial charge in [0.2, 0.25) is 0 Å². The van der Waals surface area contributed by atoms with Gasteiger partial charge in [0.1, 0.15) is 11.3 Å². The number of aromatic hydroxyl groups is 1. The highest BCUT2D eigenvalue weighted by Gasteiger charge is 2.19. The van der Waals surface area contributed by atoms with Crippen LogP contribution in [0.4, 0.5) is 0 Å². The number of pyridine rings is 1. The summed E-state index contributed by atoms with van der Waals surface area (Å²) >= 11 is 0. The number of ether oxygens (including phenoxy) is 1. The van der Waals surface area contributed by atoms with E-state index in [2.05, 4.69) is 22.4 Å². The molecule has 0 saturated carbocycles. The molecule has 3 rings (SSSR count). The van der Waals surface area contributed by atoms with E-state index < -0.39 is 0 Å². The fraction of sp³-hybridized carbons (Fsp3) is 0.250. The van der Waals surface area contributed by atoms with Crippen LogP contribution in [-0.2, 0) is 4.74 Å². The van der Waals surface area contributed by atoms with Gasteiger partial charge in [0, 0.05) is 30.3 Å². The molecule has 3 aromatic rings. The molecule has 0 spiro atoms. The Bertz CT molecular complexity index is 790. The number of fused-ring (bicyclic) bond motifs is 1. The molecule has 0 aliphatic rings. The van der Waals surface area contributed by atoms with Crippen LogP contribution < -0.4 is 5.32 Å². The van der Waals surface area contributed by atoms with Gasteiger partial charge < -0.3 is 15.2 Å². The number of nitrogens with zero attached hydrogens (tertiary/aromatic N) is 1. The first kappa shape index (κ1) is 16.4. The van der Waals surface area contributed by atoms with E-state index >= 15 is 0 Å². The largest absolute Gasteiger partial charge is 0.505 e. The third kappa shape index (κ3) is 3.55. The fourth-order valence-electron chi connectivity index (χ4n) is 2.85. The molecule has 0 amide bonds. The molecule has 1 atom stereocenters. The smallest absolute Gasteiger partial charge is 0.146 e. The molecule has 4 heteroatoms. The van der Waals surface area contributed by atoms with Crippen molar-refractivity contribution in [3.05, 3.63) is 71.9 Å². The van der Waals surface area contributed by atoms with Crippen LogP contribution in [0.3, 0.4) is 0 Å². The van der Waals surface area contributed by atoms with Crippen LogP contribution in [0.2, 0.25) is 0 Å². The lowest BCUT2D eigenvalue weighted by Crippen LogP contribution is -2.26. The third-order valence-corrected chi connectivity index (χ3v) is 4.02. The molecule has 24 heavy (non-hydrogen) atoms. The van der Waals surface area contributed by atoms with Gasteiger partial charge in [-0.15, -0.1) is 0 Å². The van der Waals surface area contributed by atoms with Crippen molar-refractivity contribution < 1.29 is 9.84 Å². The quantitative estimate of drug-likeness (QED) is 0.652. The first-order valence-electron chi connectivity index (χ1n) is 8.24. The number of benzene rings is 2. The molecular formula is C20H22N2O2. The van der Waals surface area contributed by atoms with Crippen molar-refractivity contribution in [2.45, 2.75) is 13.0 Å². The van der Waals surface area contributed by atoms with Crippen LogP contribution in [0.15, 0.2) is 60.8 Å². The van der Waals surface area contributed by atoms with E-state index in [4.69, 9.17) is 4.74 Å². The molecule has 4 nitrogen and oxygen atoms in total. The highest BCUT2D eigenvalue weighted by molar-refractivity contribution is 5.85. The Labute approximate surface area is 142 Å². The Morgan fingerprint density at radius 1 is 1.08 bits per heavy atom. The molecule has 0 fully saturated rings. The van der Waals surface area contributed by atoms with Gasteiger partial charge in [0.15, 0.2) is 0 Å². The molecule has 2 aromatic carbocycles. The van der Waals surface area contributed by atoms with Gasteiger partial charge in [0.25, 0.3) is 0 Å². The predicted octanol–water partition coefficient (Wildman–Crippen LogP) is 3.66. The lowest BCUT2D eigenvalue weighted by molar-refractivity contribution is 0.148. The fourth-order valence-corrected chi connectivity index (χ4v) is 2.85. The van der Waals surface area contributed by atoms with Gasteiger partial charge in [-0.1, -0.05) is 48.5 Å². The van der Waals surface area contributed by atoms with Crippen molar-refractivity contribution >= 4 is 10.9 Å². The Morgan fingerprint density at radius 2 is 1.92 bits per heavy atom. The summed E-state index contributed by atoms with van der Waals surface area (Å²) < 4.78 is 5.42. The van der Waals surface area contributed by atoms with Crippen molar-refractivity contribution in [1.82, 2.24) is 10.3 Å². The molecule has 2 N–H and O–H groups in total. The zero-order chi connectivity index (χ0) is 16.8. The van der Waals surface area contributed by atoms with Crippen LogP contribution in [0.1, 0.15) is 24.1 Å². The van der Waals surface area contributed by atoms with Crippen molar-refractivity contribution in [2.75, 3.05) is 19.8 Å². The normalized spacial score (nSPS) is 12.4. The molecule has 0 aliphatic carbocycles. The molecule has 1 aromatic heterocycles. The van der Waals surface area contributed by atoms with E-state index in [1.165, 1.54) is 0 Å². The van der Waals surface area contributed by atoms with E-state index in [0.717, 1.165) is 16.5 Å². The number of nitrogens with one attached hydrogen (secondary N) is 1. The standard InChI is InChI=1S/C20H22N2O2/c1-2-24-14-13-22-18(15-7-4-3-5-8-15)17-11-10-16-9-6-12-21-19(16)20(17)23/h3-12,18,22-23H,2,13-14H2,1H3. The Morgan fingerprint density at radius 3 is 2.71 bits per heavy atom. The minimum absolute atomic E-state index is 0.113. The lowest BCUT2D eigenvalue weighted by atomic mass is 9.96. The van der Waals surface area contributed by atoms with Gasteiger partial charge in [-0.05, 0) is 18.6 Å². The average molecular weight is 322 g/mol. The van der Waals surface area contributed by atoms with E-state index in [9.17, 15) is 5.11 Å². The van der Waals surface area contributed by atoms with Gasteiger partial charge in [-0.25, -0.2) is 0 Å². The Kier molecular flexibility index (Phi) is 5.41. The second-order valence-electron chi connectivity index (χ2n) is 5.57. The van der Waals surface area contributed by atoms with Gasteiger partial charge in [0.05, 0.1) is 12.6 Å². The number of phenols is 1. The first-order valence-corrected chi connectivity index (χ1v) is 8.24. The van der Waals surface area contributed by atoms with E-state index in [-0.39, 0.29) is 11.8 Å². The number of rotatable bonds is 7. The molecule has 124 valence electrons. The Hall–Kier alpha value is -2.43. The van der Waals surface area contributed by atoms with E-state index in [1.807, 2.05) is 49.4 Å². The summed E-state index contributed by atoms with van der Waals surface area (Å²) in [6.45, 7) is 4.01. The highest BCUT2D eigenvalue weighted by atomic mass is 16.5. The van der Waals surface area contributed by atoms with Crippen LogP contribution >= 0.6 is 0 Å². The minimum Gasteiger partial charge on any atom is -0.505 e. The summed E-state index contributed by atoms with van der Waals surface area (Å²) in [5, 5.41) is 15.2. The summed E-state index contributed by atoms with van der Waals surface area (Å²) in [6, 6.07) is 17.8. The monoisotopic (exact) mass is 322 g/mol. The van der Waals surface area contributed by atoms with Crippen LogP contribution in [0, 0.1) is 0 Å². The van der Waals surface area contributed by atoms with Crippen molar-refractivity contribution in [3.63, 3.8) is 0 Å². The number of aromatic nitrogens is 1. The molecule has 0 saturated heterocycles. The summed E-state index contributed by atoms with van der Waals surface area (Å²) in [5.41, 5.74) is 2.55. The topological polar surface area (TPSA) is 54.4 Å². The molecule has 1 unspecified atom stereocenters. The maximum atomic E-state index is 10.8. The summed E-state index contributed by atoms with van der Waals surface area (Å²) in [4.78, 5) is 4.32. The number of hydrogen-bond donors (Lipinski definition) is 2. The Balaban J connectivity index is 1.97. The van der Waals surface area contributed by atoms with Gasteiger partial charge in [-0.2, -0.15) is 0 Å². The molecular weight excluding hydrogens is 300 g/mol. The lowest BCUT2D eigenvalue weighted by Gasteiger charge is -2.21. The minimum atomic E-state index is -0.113.